The van der Waals surface area contributed by atoms with E-state index in [-0.39, 0.29) is 5.41 Å². The van der Waals surface area contributed by atoms with E-state index in [4.69, 9.17) is 4.42 Å². The standard InChI is InChI=1S/C14H13Br3O/c15-9-14(10-16,7-11-5-6-18-8-11)12-3-1-2-4-13(12)17/h1-6,8H,7,9-10H2. The van der Waals surface area contributed by atoms with Gasteiger partial charge >= 0.3 is 0 Å². The molecule has 0 amide bonds. The number of rotatable bonds is 5. The van der Waals surface area contributed by atoms with E-state index >= 15 is 0 Å². The monoisotopic (exact) mass is 434 g/mol. The van der Waals surface area contributed by atoms with Crippen LogP contribution in [0.15, 0.2) is 51.7 Å². The topological polar surface area (TPSA) is 13.1 Å². The molecule has 1 nitrogen and oxygen atoms in total. The van der Waals surface area contributed by atoms with Crippen LogP contribution in [-0.4, -0.2) is 10.7 Å². The van der Waals surface area contributed by atoms with Crippen molar-refractivity contribution in [2.45, 2.75) is 11.8 Å². The van der Waals surface area contributed by atoms with Crippen molar-refractivity contribution in [2.75, 3.05) is 10.7 Å². The van der Waals surface area contributed by atoms with E-state index in [1.54, 1.807) is 6.26 Å². The van der Waals surface area contributed by atoms with Gasteiger partial charge in [0.25, 0.3) is 0 Å². The summed E-state index contributed by atoms with van der Waals surface area (Å²) in [6.45, 7) is 0. The highest BCUT2D eigenvalue weighted by Gasteiger charge is 2.32. The van der Waals surface area contributed by atoms with Gasteiger partial charge in [-0.2, -0.15) is 0 Å². The fourth-order valence-corrected chi connectivity index (χ4v) is 4.68. The predicted octanol–water partition coefficient (Wildman–Crippen LogP) is 5.31. The summed E-state index contributed by atoms with van der Waals surface area (Å²) >= 11 is 11.0. The van der Waals surface area contributed by atoms with E-state index in [0.717, 1.165) is 21.6 Å². The molecule has 18 heavy (non-hydrogen) atoms. The van der Waals surface area contributed by atoms with Crippen molar-refractivity contribution < 1.29 is 4.42 Å². The first kappa shape index (κ1) is 14.4. The lowest BCUT2D eigenvalue weighted by Gasteiger charge is -2.31. The third-order valence-corrected chi connectivity index (χ3v) is 5.92. The molecule has 0 aliphatic carbocycles. The molecule has 0 N–H and O–H groups in total. The Morgan fingerprint density at radius 1 is 1.06 bits per heavy atom. The molecule has 96 valence electrons. The predicted molar refractivity (Wildman–Crippen MR) is 85.8 cm³/mol. The van der Waals surface area contributed by atoms with E-state index in [0.29, 0.717) is 0 Å². The minimum absolute atomic E-state index is 0.0178. The van der Waals surface area contributed by atoms with Gasteiger partial charge in [0.15, 0.2) is 0 Å². The first-order valence-electron chi connectivity index (χ1n) is 5.60. The summed E-state index contributed by atoms with van der Waals surface area (Å²) < 4.78 is 6.32. The second-order valence-corrected chi connectivity index (χ2v) is 6.31. The molecule has 1 aromatic carbocycles. The molecule has 0 bridgehead atoms. The maximum Gasteiger partial charge on any atom is 0.0934 e. The molecule has 1 aromatic heterocycles. The average molecular weight is 437 g/mol. The van der Waals surface area contributed by atoms with Gasteiger partial charge in [0.1, 0.15) is 0 Å². The Balaban J connectivity index is 2.40. The van der Waals surface area contributed by atoms with E-state index in [1.165, 1.54) is 11.1 Å². The third kappa shape index (κ3) is 2.91. The molecule has 0 aliphatic rings. The van der Waals surface area contributed by atoms with E-state index in [9.17, 15) is 0 Å². The number of furan rings is 1. The molecule has 1 heterocycles. The average Bonchev–Trinajstić information content (AvgIpc) is 2.90. The molecule has 0 radical (unpaired) electrons. The van der Waals surface area contributed by atoms with Crippen LogP contribution in [0.5, 0.6) is 0 Å². The highest BCUT2D eigenvalue weighted by Crippen LogP contribution is 2.37. The van der Waals surface area contributed by atoms with Crippen molar-refractivity contribution in [2.24, 2.45) is 0 Å². The summed E-state index contributed by atoms with van der Waals surface area (Å²) in [6.07, 6.45) is 4.47. The van der Waals surface area contributed by atoms with Gasteiger partial charge in [-0.3, -0.25) is 0 Å². The highest BCUT2D eigenvalue weighted by molar-refractivity contribution is 9.10. The Morgan fingerprint density at radius 3 is 2.33 bits per heavy atom. The van der Waals surface area contributed by atoms with Crippen LogP contribution in [0.2, 0.25) is 0 Å². The zero-order valence-corrected chi connectivity index (χ0v) is 14.5. The number of benzene rings is 1. The second kappa shape index (κ2) is 6.40. The number of hydrogen-bond donors (Lipinski definition) is 0. The molecule has 0 aliphatic heterocycles. The Morgan fingerprint density at radius 2 is 1.78 bits per heavy atom. The van der Waals surface area contributed by atoms with Gasteiger partial charge in [-0.05, 0) is 29.7 Å². The first-order chi connectivity index (χ1) is 8.72. The van der Waals surface area contributed by atoms with Crippen LogP contribution in [0.3, 0.4) is 0 Å². The number of hydrogen-bond acceptors (Lipinski definition) is 1. The van der Waals surface area contributed by atoms with Crippen molar-refractivity contribution in [3.05, 3.63) is 58.5 Å². The molecule has 0 atom stereocenters. The van der Waals surface area contributed by atoms with Crippen molar-refractivity contribution in [3.8, 4) is 0 Å². The molecule has 0 saturated heterocycles. The van der Waals surface area contributed by atoms with E-state index in [1.807, 2.05) is 18.4 Å². The van der Waals surface area contributed by atoms with Gasteiger partial charge in [0.05, 0.1) is 12.5 Å². The van der Waals surface area contributed by atoms with Crippen LogP contribution in [0, 0.1) is 0 Å². The Kier molecular flexibility index (Phi) is 5.10. The largest absolute Gasteiger partial charge is 0.472 e. The fraction of sp³-hybridized carbons (Fsp3) is 0.286. The second-order valence-electron chi connectivity index (χ2n) is 4.34. The summed E-state index contributed by atoms with van der Waals surface area (Å²) in [7, 11) is 0. The van der Waals surface area contributed by atoms with Crippen molar-refractivity contribution in [1.82, 2.24) is 0 Å². The van der Waals surface area contributed by atoms with Gasteiger partial charge in [-0.1, -0.05) is 66.0 Å². The SMILES string of the molecule is BrCC(CBr)(Cc1ccoc1)c1ccccc1Br. The Bertz CT molecular complexity index is 490. The van der Waals surface area contributed by atoms with E-state index < -0.39 is 0 Å². The van der Waals surface area contributed by atoms with Crippen LogP contribution in [-0.2, 0) is 11.8 Å². The quantitative estimate of drug-likeness (QED) is 0.579. The summed E-state index contributed by atoms with van der Waals surface area (Å²) in [5, 5.41) is 1.78. The van der Waals surface area contributed by atoms with Crippen molar-refractivity contribution in [3.63, 3.8) is 0 Å². The Labute approximate surface area is 132 Å². The lowest BCUT2D eigenvalue weighted by atomic mass is 9.79. The lowest BCUT2D eigenvalue weighted by Crippen LogP contribution is -2.33. The van der Waals surface area contributed by atoms with Crippen LogP contribution in [0.4, 0.5) is 0 Å². The minimum atomic E-state index is 0.0178. The summed E-state index contributed by atoms with van der Waals surface area (Å²) in [5.74, 6) is 0. The summed E-state index contributed by atoms with van der Waals surface area (Å²) in [6, 6.07) is 10.4. The molecule has 0 spiro atoms. The maximum absolute atomic E-state index is 5.17. The van der Waals surface area contributed by atoms with E-state index in [2.05, 4.69) is 66.0 Å². The van der Waals surface area contributed by atoms with Crippen LogP contribution < -0.4 is 0 Å². The van der Waals surface area contributed by atoms with Gasteiger partial charge in [-0.15, -0.1) is 0 Å². The van der Waals surface area contributed by atoms with Gasteiger partial charge < -0.3 is 4.42 Å². The third-order valence-electron chi connectivity index (χ3n) is 3.08. The molecule has 2 rings (SSSR count). The molecule has 0 saturated carbocycles. The van der Waals surface area contributed by atoms with Crippen molar-refractivity contribution >= 4 is 47.8 Å². The van der Waals surface area contributed by atoms with Gasteiger partial charge in [0.2, 0.25) is 0 Å². The first-order valence-corrected chi connectivity index (χ1v) is 8.63. The lowest BCUT2D eigenvalue weighted by molar-refractivity contribution is 0.530. The van der Waals surface area contributed by atoms with Crippen LogP contribution in [0.25, 0.3) is 0 Å². The zero-order valence-electron chi connectivity index (χ0n) is 9.70. The maximum atomic E-state index is 5.17. The minimum Gasteiger partial charge on any atom is -0.472 e. The summed E-state index contributed by atoms with van der Waals surface area (Å²) in [5.41, 5.74) is 2.54. The Hall–Kier alpha value is -0.0600. The molecule has 0 unspecified atom stereocenters. The highest BCUT2D eigenvalue weighted by atomic mass is 79.9. The van der Waals surface area contributed by atoms with Crippen LogP contribution >= 0.6 is 47.8 Å². The molecular weight excluding hydrogens is 424 g/mol. The van der Waals surface area contributed by atoms with Crippen LogP contribution in [0.1, 0.15) is 11.1 Å². The number of halogens is 3. The van der Waals surface area contributed by atoms with Crippen molar-refractivity contribution in [1.29, 1.82) is 0 Å². The van der Waals surface area contributed by atoms with Gasteiger partial charge in [-0.25, -0.2) is 0 Å². The molecular formula is C14H13Br3O. The summed E-state index contributed by atoms with van der Waals surface area (Å²) in [4.78, 5) is 0. The molecule has 4 heteroatoms. The fourth-order valence-electron chi connectivity index (χ4n) is 2.04. The smallest absolute Gasteiger partial charge is 0.0934 e. The number of alkyl halides is 2. The van der Waals surface area contributed by atoms with Gasteiger partial charge in [0, 0.05) is 20.5 Å². The zero-order chi connectivity index (χ0) is 13.0. The molecule has 2 aromatic rings. The molecule has 0 fully saturated rings. The normalized spacial score (nSPS) is 11.7.